The van der Waals surface area contributed by atoms with Crippen molar-refractivity contribution in [1.29, 1.82) is 0 Å². The number of rotatable bonds is 6. The Morgan fingerprint density at radius 1 is 1.26 bits per heavy atom. The predicted molar refractivity (Wildman–Crippen MR) is 81.4 cm³/mol. The molecule has 0 aliphatic rings. The lowest BCUT2D eigenvalue weighted by Crippen LogP contribution is -2.26. The summed E-state index contributed by atoms with van der Waals surface area (Å²) in [4.78, 5) is 0. The van der Waals surface area contributed by atoms with Crippen LogP contribution >= 0.6 is 0 Å². The minimum atomic E-state index is 0.316. The molecule has 1 N–H and O–H groups in total. The smallest absolute Gasteiger partial charge is 0.137 e. The van der Waals surface area contributed by atoms with E-state index in [1.54, 1.807) is 0 Å². The first-order valence-corrected chi connectivity index (χ1v) is 7.39. The van der Waals surface area contributed by atoms with E-state index in [9.17, 15) is 0 Å². The van der Waals surface area contributed by atoms with E-state index in [4.69, 9.17) is 4.42 Å². The summed E-state index contributed by atoms with van der Waals surface area (Å²) in [6.45, 7) is 9.76. The second-order valence-corrected chi connectivity index (χ2v) is 5.44. The normalized spacial score (nSPS) is 14.7. The zero-order valence-corrected chi connectivity index (χ0v) is 12.5. The lowest BCUT2D eigenvalue weighted by atomic mass is 9.95. The third kappa shape index (κ3) is 3.01. The fourth-order valence-electron chi connectivity index (χ4n) is 2.81. The van der Waals surface area contributed by atoms with E-state index in [-0.39, 0.29) is 0 Å². The SMILES string of the molecule is CCCC(C)C(NCC)c1cc2cccc(C)c2o1. The van der Waals surface area contributed by atoms with Gasteiger partial charge in [-0.15, -0.1) is 0 Å². The van der Waals surface area contributed by atoms with Crippen molar-refractivity contribution < 1.29 is 4.42 Å². The van der Waals surface area contributed by atoms with Gasteiger partial charge in [0.05, 0.1) is 6.04 Å². The van der Waals surface area contributed by atoms with E-state index in [1.165, 1.54) is 23.8 Å². The van der Waals surface area contributed by atoms with E-state index in [0.717, 1.165) is 17.9 Å². The molecule has 1 aromatic carbocycles. The second kappa shape index (κ2) is 6.25. The van der Waals surface area contributed by atoms with Crippen LogP contribution in [0.4, 0.5) is 0 Å². The third-order valence-corrected chi connectivity index (χ3v) is 3.80. The van der Waals surface area contributed by atoms with E-state index in [2.05, 4.69) is 57.3 Å². The highest BCUT2D eigenvalue weighted by Gasteiger charge is 2.21. The first-order valence-electron chi connectivity index (χ1n) is 7.39. The second-order valence-electron chi connectivity index (χ2n) is 5.44. The molecule has 0 saturated carbocycles. The molecule has 0 saturated heterocycles. The molecular formula is C17H25NO. The molecule has 0 fully saturated rings. The van der Waals surface area contributed by atoms with Gasteiger partial charge >= 0.3 is 0 Å². The van der Waals surface area contributed by atoms with Crippen molar-refractivity contribution in [3.05, 3.63) is 35.6 Å². The van der Waals surface area contributed by atoms with Crippen LogP contribution in [0.2, 0.25) is 0 Å². The van der Waals surface area contributed by atoms with Crippen LogP contribution in [0.25, 0.3) is 11.0 Å². The first-order chi connectivity index (χ1) is 9.17. The molecule has 0 spiro atoms. The summed E-state index contributed by atoms with van der Waals surface area (Å²) in [6.07, 6.45) is 2.43. The number of aryl methyl sites for hydroxylation is 1. The van der Waals surface area contributed by atoms with E-state index >= 15 is 0 Å². The van der Waals surface area contributed by atoms with Crippen molar-refractivity contribution in [2.75, 3.05) is 6.54 Å². The Labute approximate surface area is 116 Å². The Balaban J connectivity index is 2.36. The summed E-state index contributed by atoms with van der Waals surface area (Å²) >= 11 is 0. The molecular weight excluding hydrogens is 234 g/mol. The number of hydrogen-bond donors (Lipinski definition) is 1. The summed E-state index contributed by atoms with van der Waals surface area (Å²) in [5.41, 5.74) is 2.24. The lowest BCUT2D eigenvalue weighted by Gasteiger charge is -2.22. The number of para-hydroxylation sites is 1. The molecule has 19 heavy (non-hydrogen) atoms. The van der Waals surface area contributed by atoms with Crippen LogP contribution < -0.4 is 5.32 Å². The molecule has 0 aliphatic heterocycles. The number of fused-ring (bicyclic) bond motifs is 1. The van der Waals surface area contributed by atoms with Crippen molar-refractivity contribution in [2.45, 2.75) is 46.6 Å². The van der Waals surface area contributed by atoms with Gasteiger partial charge in [0, 0.05) is 5.39 Å². The van der Waals surface area contributed by atoms with Crippen molar-refractivity contribution in [1.82, 2.24) is 5.32 Å². The molecule has 2 unspecified atom stereocenters. The summed E-state index contributed by atoms with van der Waals surface area (Å²) in [6, 6.07) is 8.84. The van der Waals surface area contributed by atoms with Gasteiger partial charge in [0.2, 0.25) is 0 Å². The molecule has 0 bridgehead atoms. The maximum atomic E-state index is 6.12. The van der Waals surface area contributed by atoms with Gasteiger partial charge < -0.3 is 9.73 Å². The van der Waals surface area contributed by atoms with Crippen molar-refractivity contribution in [3.8, 4) is 0 Å². The van der Waals surface area contributed by atoms with Gasteiger partial charge in [-0.25, -0.2) is 0 Å². The molecule has 0 radical (unpaired) electrons. The minimum absolute atomic E-state index is 0.316. The molecule has 2 rings (SSSR count). The van der Waals surface area contributed by atoms with Crippen LogP contribution in [0.3, 0.4) is 0 Å². The fraction of sp³-hybridized carbons (Fsp3) is 0.529. The number of hydrogen-bond acceptors (Lipinski definition) is 2. The molecule has 1 aromatic heterocycles. The molecule has 2 aromatic rings. The van der Waals surface area contributed by atoms with Gasteiger partial charge in [0.1, 0.15) is 11.3 Å². The molecule has 0 aliphatic carbocycles. The van der Waals surface area contributed by atoms with Gasteiger partial charge in [0.25, 0.3) is 0 Å². The number of benzene rings is 1. The summed E-state index contributed by atoms with van der Waals surface area (Å²) in [7, 11) is 0. The van der Waals surface area contributed by atoms with Crippen LogP contribution in [-0.4, -0.2) is 6.54 Å². The van der Waals surface area contributed by atoms with Gasteiger partial charge in [-0.1, -0.05) is 45.4 Å². The molecule has 2 atom stereocenters. The quantitative estimate of drug-likeness (QED) is 0.804. The maximum Gasteiger partial charge on any atom is 0.137 e. The molecule has 104 valence electrons. The average Bonchev–Trinajstić information content (AvgIpc) is 2.81. The van der Waals surface area contributed by atoms with Crippen molar-refractivity contribution >= 4 is 11.0 Å². The van der Waals surface area contributed by atoms with Gasteiger partial charge in [-0.3, -0.25) is 0 Å². The fourth-order valence-corrected chi connectivity index (χ4v) is 2.81. The Bertz CT molecular complexity index is 529. The van der Waals surface area contributed by atoms with E-state index in [0.29, 0.717) is 12.0 Å². The van der Waals surface area contributed by atoms with Crippen molar-refractivity contribution in [3.63, 3.8) is 0 Å². The summed E-state index contributed by atoms with van der Waals surface area (Å²) < 4.78 is 6.12. The maximum absolute atomic E-state index is 6.12. The third-order valence-electron chi connectivity index (χ3n) is 3.80. The molecule has 2 nitrogen and oxygen atoms in total. The van der Waals surface area contributed by atoms with Gasteiger partial charge in [-0.05, 0) is 37.4 Å². The average molecular weight is 259 g/mol. The monoisotopic (exact) mass is 259 g/mol. The van der Waals surface area contributed by atoms with Crippen LogP contribution in [0.15, 0.2) is 28.7 Å². The topological polar surface area (TPSA) is 25.2 Å². The largest absolute Gasteiger partial charge is 0.459 e. The van der Waals surface area contributed by atoms with Crippen LogP contribution in [-0.2, 0) is 0 Å². The predicted octanol–water partition coefficient (Wildman–Crippen LogP) is 4.83. The number of nitrogens with one attached hydrogen (secondary N) is 1. The summed E-state index contributed by atoms with van der Waals surface area (Å²) in [5.74, 6) is 1.66. The highest BCUT2D eigenvalue weighted by Crippen LogP contribution is 2.31. The Morgan fingerprint density at radius 3 is 2.68 bits per heavy atom. The van der Waals surface area contributed by atoms with E-state index in [1.807, 2.05) is 0 Å². The Kier molecular flexibility index (Phi) is 4.65. The molecule has 2 heteroatoms. The molecule has 1 heterocycles. The summed E-state index contributed by atoms with van der Waals surface area (Å²) in [5, 5.41) is 4.78. The van der Waals surface area contributed by atoms with Crippen LogP contribution in [0, 0.1) is 12.8 Å². The Morgan fingerprint density at radius 2 is 2.05 bits per heavy atom. The Hall–Kier alpha value is -1.28. The first kappa shape index (κ1) is 14.1. The standard InChI is InChI=1S/C17H25NO/c1-5-8-12(3)16(18-6-2)15-11-14-10-7-9-13(4)17(14)19-15/h7,9-12,16,18H,5-6,8H2,1-4H3. The van der Waals surface area contributed by atoms with Crippen LogP contribution in [0.5, 0.6) is 0 Å². The minimum Gasteiger partial charge on any atom is -0.459 e. The van der Waals surface area contributed by atoms with Crippen molar-refractivity contribution in [2.24, 2.45) is 5.92 Å². The van der Waals surface area contributed by atoms with Crippen LogP contribution in [0.1, 0.15) is 51.0 Å². The lowest BCUT2D eigenvalue weighted by molar-refractivity contribution is 0.322. The highest BCUT2D eigenvalue weighted by molar-refractivity contribution is 5.81. The molecule has 0 amide bonds. The van der Waals surface area contributed by atoms with E-state index < -0.39 is 0 Å². The zero-order valence-electron chi connectivity index (χ0n) is 12.5. The van der Waals surface area contributed by atoms with Gasteiger partial charge in [-0.2, -0.15) is 0 Å². The number of furan rings is 1. The highest BCUT2D eigenvalue weighted by atomic mass is 16.3. The van der Waals surface area contributed by atoms with Gasteiger partial charge in [0.15, 0.2) is 0 Å². The zero-order chi connectivity index (χ0) is 13.8.